The second-order valence-electron chi connectivity index (χ2n) is 5.53. The van der Waals surface area contributed by atoms with Gasteiger partial charge >= 0.3 is 0 Å². The lowest BCUT2D eigenvalue weighted by Crippen LogP contribution is -2.20. The highest BCUT2D eigenvalue weighted by molar-refractivity contribution is 5.62. The fourth-order valence-electron chi connectivity index (χ4n) is 2.63. The Kier molecular flexibility index (Phi) is 3.93. The summed E-state index contributed by atoms with van der Waals surface area (Å²) in [6.45, 7) is 5.54. The third-order valence-electron chi connectivity index (χ3n) is 4.09. The van der Waals surface area contributed by atoms with Crippen molar-refractivity contribution in [1.29, 1.82) is 0 Å². The van der Waals surface area contributed by atoms with Crippen molar-refractivity contribution >= 4 is 11.4 Å². The molecule has 0 atom stereocenters. The molecule has 2 heteroatoms. The van der Waals surface area contributed by atoms with Crippen LogP contribution >= 0.6 is 0 Å². The second-order valence-corrected chi connectivity index (χ2v) is 5.53. The molecule has 1 saturated carbocycles. The lowest BCUT2D eigenvalue weighted by molar-refractivity contribution is 0.300. The first kappa shape index (κ1) is 12.3. The van der Waals surface area contributed by atoms with Crippen LogP contribution in [0.4, 0.5) is 11.4 Å². The van der Waals surface area contributed by atoms with E-state index in [9.17, 15) is 0 Å². The number of benzene rings is 1. The van der Waals surface area contributed by atoms with Gasteiger partial charge in [-0.05, 0) is 49.3 Å². The number of hydrogen-bond donors (Lipinski definition) is 2. The Balaban J connectivity index is 1.87. The Morgan fingerprint density at radius 2 is 1.94 bits per heavy atom. The van der Waals surface area contributed by atoms with E-state index in [-0.39, 0.29) is 0 Å². The third-order valence-corrected chi connectivity index (χ3v) is 4.09. The smallest absolute Gasteiger partial charge is 0.0390 e. The van der Waals surface area contributed by atoms with E-state index in [0.717, 1.165) is 24.1 Å². The molecule has 1 aromatic rings. The van der Waals surface area contributed by atoms with Crippen molar-refractivity contribution < 1.29 is 0 Å². The van der Waals surface area contributed by atoms with Crippen LogP contribution in [0.2, 0.25) is 0 Å². The van der Waals surface area contributed by atoms with Crippen LogP contribution in [-0.4, -0.2) is 6.54 Å². The summed E-state index contributed by atoms with van der Waals surface area (Å²) in [6, 6.07) is 6.10. The van der Waals surface area contributed by atoms with Crippen molar-refractivity contribution in [2.24, 2.45) is 11.8 Å². The van der Waals surface area contributed by atoms with Gasteiger partial charge in [-0.25, -0.2) is 0 Å². The lowest BCUT2D eigenvalue weighted by Gasteiger charge is -2.26. The van der Waals surface area contributed by atoms with Gasteiger partial charge in [0.2, 0.25) is 0 Å². The van der Waals surface area contributed by atoms with E-state index in [4.69, 9.17) is 5.73 Å². The molecule has 0 saturated heterocycles. The molecule has 0 heterocycles. The highest BCUT2D eigenvalue weighted by Crippen LogP contribution is 2.29. The zero-order valence-electron chi connectivity index (χ0n) is 11.0. The molecule has 94 valence electrons. The van der Waals surface area contributed by atoms with Gasteiger partial charge in [-0.2, -0.15) is 0 Å². The van der Waals surface area contributed by atoms with Gasteiger partial charge < -0.3 is 11.1 Å². The summed E-state index contributed by atoms with van der Waals surface area (Å²) in [4.78, 5) is 0. The fourth-order valence-corrected chi connectivity index (χ4v) is 2.63. The molecular weight excluding hydrogens is 208 g/mol. The van der Waals surface area contributed by atoms with E-state index in [2.05, 4.69) is 25.2 Å². The maximum absolute atomic E-state index is 5.91. The minimum Gasteiger partial charge on any atom is -0.398 e. The monoisotopic (exact) mass is 232 g/mol. The third kappa shape index (κ3) is 3.15. The summed E-state index contributed by atoms with van der Waals surface area (Å²) >= 11 is 0. The minimum atomic E-state index is 0.840. The molecule has 1 aliphatic carbocycles. The van der Waals surface area contributed by atoms with Crippen molar-refractivity contribution in [2.45, 2.75) is 39.5 Å². The van der Waals surface area contributed by atoms with Gasteiger partial charge in [0.15, 0.2) is 0 Å². The molecule has 0 aromatic heterocycles. The van der Waals surface area contributed by atoms with E-state index >= 15 is 0 Å². The summed E-state index contributed by atoms with van der Waals surface area (Å²) in [7, 11) is 0. The van der Waals surface area contributed by atoms with Gasteiger partial charge in [0.25, 0.3) is 0 Å². The predicted molar refractivity (Wildman–Crippen MR) is 75.2 cm³/mol. The van der Waals surface area contributed by atoms with Crippen molar-refractivity contribution in [2.75, 3.05) is 17.6 Å². The Labute approximate surface area is 105 Å². The average Bonchev–Trinajstić information content (AvgIpc) is 2.33. The second kappa shape index (κ2) is 5.44. The van der Waals surface area contributed by atoms with Crippen molar-refractivity contribution in [1.82, 2.24) is 0 Å². The van der Waals surface area contributed by atoms with Crippen LogP contribution in [-0.2, 0) is 0 Å². The first-order chi connectivity index (χ1) is 8.16. The van der Waals surface area contributed by atoms with Gasteiger partial charge in [0, 0.05) is 17.9 Å². The molecule has 0 radical (unpaired) electrons. The number of rotatable bonds is 3. The zero-order chi connectivity index (χ0) is 12.3. The van der Waals surface area contributed by atoms with Crippen LogP contribution in [0.1, 0.15) is 38.2 Å². The summed E-state index contributed by atoms with van der Waals surface area (Å²) in [5.41, 5.74) is 9.16. The first-order valence-corrected chi connectivity index (χ1v) is 6.75. The Bertz CT molecular complexity index is 365. The quantitative estimate of drug-likeness (QED) is 0.778. The maximum Gasteiger partial charge on any atom is 0.0390 e. The predicted octanol–water partition coefficient (Wildman–Crippen LogP) is 3.82. The summed E-state index contributed by atoms with van der Waals surface area (Å²) in [6.07, 6.45) is 5.52. The number of nitrogens with two attached hydrogens (primary N) is 1. The molecular formula is C15H24N2. The van der Waals surface area contributed by atoms with E-state index < -0.39 is 0 Å². The molecule has 17 heavy (non-hydrogen) atoms. The molecule has 0 spiro atoms. The molecule has 3 N–H and O–H groups in total. The fraction of sp³-hybridized carbons (Fsp3) is 0.600. The molecule has 1 aliphatic rings. The average molecular weight is 232 g/mol. The maximum atomic E-state index is 5.91. The van der Waals surface area contributed by atoms with Gasteiger partial charge in [0.05, 0.1) is 0 Å². The highest BCUT2D eigenvalue weighted by Gasteiger charge is 2.17. The highest BCUT2D eigenvalue weighted by atomic mass is 14.9. The van der Waals surface area contributed by atoms with Gasteiger partial charge in [-0.1, -0.05) is 25.8 Å². The van der Waals surface area contributed by atoms with Gasteiger partial charge in [0.1, 0.15) is 0 Å². The van der Waals surface area contributed by atoms with Crippen molar-refractivity contribution in [3.63, 3.8) is 0 Å². The number of hydrogen-bond acceptors (Lipinski definition) is 2. The van der Waals surface area contributed by atoms with E-state index in [0.29, 0.717) is 0 Å². The van der Waals surface area contributed by atoms with Gasteiger partial charge in [-0.3, -0.25) is 0 Å². The van der Waals surface area contributed by atoms with Crippen LogP contribution in [0, 0.1) is 18.8 Å². The molecule has 0 bridgehead atoms. The minimum absolute atomic E-state index is 0.840. The van der Waals surface area contributed by atoms with Crippen molar-refractivity contribution in [3.05, 3.63) is 23.8 Å². The van der Waals surface area contributed by atoms with Crippen molar-refractivity contribution in [3.8, 4) is 0 Å². The van der Waals surface area contributed by atoms with Crippen LogP contribution in [0.15, 0.2) is 18.2 Å². The van der Waals surface area contributed by atoms with E-state index in [1.54, 1.807) is 0 Å². The Hall–Kier alpha value is -1.18. The van der Waals surface area contributed by atoms with Crippen LogP contribution in [0.5, 0.6) is 0 Å². The van der Waals surface area contributed by atoms with Crippen LogP contribution in [0.3, 0.4) is 0 Å². The normalized spacial score (nSPS) is 24.6. The van der Waals surface area contributed by atoms with Gasteiger partial charge in [-0.15, -0.1) is 0 Å². The number of anilines is 2. The zero-order valence-corrected chi connectivity index (χ0v) is 11.0. The Morgan fingerprint density at radius 3 is 2.65 bits per heavy atom. The molecule has 0 amide bonds. The molecule has 1 fully saturated rings. The lowest BCUT2D eigenvalue weighted by atomic mass is 9.83. The SMILES string of the molecule is Cc1c(N)cccc1NCC1CCC(C)CC1. The largest absolute Gasteiger partial charge is 0.398 e. The number of nitrogen functional groups attached to an aromatic ring is 1. The van der Waals surface area contributed by atoms with E-state index in [1.165, 1.54) is 36.9 Å². The Morgan fingerprint density at radius 1 is 1.24 bits per heavy atom. The number of nitrogens with one attached hydrogen (secondary N) is 1. The molecule has 0 unspecified atom stereocenters. The summed E-state index contributed by atoms with van der Waals surface area (Å²) in [5.74, 6) is 1.77. The summed E-state index contributed by atoms with van der Waals surface area (Å²) < 4.78 is 0. The van der Waals surface area contributed by atoms with Crippen LogP contribution in [0.25, 0.3) is 0 Å². The molecule has 2 nitrogen and oxygen atoms in total. The summed E-state index contributed by atoms with van der Waals surface area (Å²) in [5, 5.41) is 3.56. The molecule has 1 aromatic carbocycles. The van der Waals surface area contributed by atoms with E-state index in [1.807, 2.05) is 12.1 Å². The first-order valence-electron chi connectivity index (χ1n) is 6.75. The topological polar surface area (TPSA) is 38.0 Å². The standard InChI is InChI=1S/C15H24N2/c1-11-6-8-13(9-7-11)10-17-15-5-3-4-14(16)12(15)2/h3-5,11,13,17H,6-10,16H2,1-2H3. The molecule has 0 aliphatic heterocycles. The molecule has 2 rings (SSSR count). The van der Waals surface area contributed by atoms with Crippen LogP contribution < -0.4 is 11.1 Å².